The van der Waals surface area contributed by atoms with Gasteiger partial charge in [0.25, 0.3) is 0 Å². The molecule has 7 atom stereocenters. The van der Waals surface area contributed by atoms with Crippen molar-refractivity contribution in [3.63, 3.8) is 0 Å². The van der Waals surface area contributed by atoms with Crippen molar-refractivity contribution >= 4 is 11.9 Å². The zero-order chi connectivity index (χ0) is 19.9. The SMILES string of the molecule is CC(=O)O[C@@H]1C[C@@H](C)[C@@H]2C[C@@H]2C2=C([C@@H]1[C@H](C)CCC=C(C)C)[C@H](O)OC2=O. The van der Waals surface area contributed by atoms with E-state index in [-0.39, 0.29) is 35.8 Å². The molecule has 5 nitrogen and oxygen atoms in total. The number of aliphatic hydroxyl groups excluding tert-OH is 1. The molecule has 0 unspecified atom stereocenters. The van der Waals surface area contributed by atoms with Crippen LogP contribution in [0, 0.1) is 29.6 Å². The molecule has 0 radical (unpaired) electrons. The Morgan fingerprint density at radius 1 is 1.33 bits per heavy atom. The van der Waals surface area contributed by atoms with Crippen molar-refractivity contribution in [3.05, 3.63) is 22.8 Å². The summed E-state index contributed by atoms with van der Waals surface area (Å²) in [6.07, 6.45) is 4.17. The number of carbonyl (C=O) groups is 2. The van der Waals surface area contributed by atoms with Gasteiger partial charge in [0.15, 0.2) is 0 Å². The number of carbonyl (C=O) groups excluding carboxylic acids is 2. The molecule has 27 heavy (non-hydrogen) atoms. The number of ether oxygens (including phenoxy) is 2. The smallest absolute Gasteiger partial charge is 0.337 e. The Balaban J connectivity index is 1.98. The third-order valence-corrected chi connectivity index (χ3v) is 6.43. The Morgan fingerprint density at radius 2 is 2.04 bits per heavy atom. The van der Waals surface area contributed by atoms with Crippen LogP contribution in [0.4, 0.5) is 0 Å². The minimum atomic E-state index is -1.21. The van der Waals surface area contributed by atoms with E-state index >= 15 is 0 Å². The highest BCUT2D eigenvalue weighted by atomic mass is 16.6. The molecule has 0 spiro atoms. The van der Waals surface area contributed by atoms with E-state index in [1.807, 2.05) is 0 Å². The minimum absolute atomic E-state index is 0.154. The average Bonchev–Trinajstić information content (AvgIpc) is 3.26. The third-order valence-electron chi connectivity index (χ3n) is 6.43. The Kier molecular flexibility index (Phi) is 5.80. The highest BCUT2D eigenvalue weighted by molar-refractivity contribution is 5.93. The van der Waals surface area contributed by atoms with Crippen molar-refractivity contribution in [2.75, 3.05) is 0 Å². The van der Waals surface area contributed by atoms with E-state index in [0.717, 1.165) is 25.7 Å². The lowest BCUT2D eigenvalue weighted by atomic mass is 9.73. The van der Waals surface area contributed by atoms with Gasteiger partial charge in [-0.05, 0) is 63.2 Å². The summed E-state index contributed by atoms with van der Waals surface area (Å²) >= 11 is 0. The van der Waals surface area contributed by atoms with Gasteiger partial charge in [0, 0.05) is 24.0 Å². The van der Waals surface area contributed by atoms with Crippen LogP contribution < -0.4 is 0 Å². The van der Waals surface area contributed by atoms with Crippen molar-refractivity contribution < 1.29 is 24.2 Å². The van der Waals surface area contributed by atoms with Crippen LogP contribution in [0.1, 0.15) is 60.3 Å². The lowest BCUT2D eigenvalue weighted by Crippen LogP contribution is -2.38. The van der Waals surface area contributed by atoms with E-state index < -0.39 is 6.29 Å². The van der Waals surface area contributed by atoms with E-state index in [1.54, 1.807) is 0 Å². The molecule has 2 aliphatic carbocycles. The molecule has 1 heterocycles. The third kappa shape index (κ3) is 4.13. The molecule has 1 saturated carbocycles. The summed E-state index contributed by atoms with van der Waals surface area (Å²) in [7, 11) is 0. The zero-order valence-electron chi connectivity index (χ0n) is 17.0. The first-order valence-electron chi connectivity index (χ1n) is 10.1. The second kappa shape index (κ2) is 7.78. The Hall–Kier alpha value is -1.62. The summed E-state index contributed by atoms with van der Waals surface area (Å²) in [5, 5.41) is 10.5. The maximum absolute atomic E-state index is 12.5. The van der Waals surface area contributed by atoms with E-state index in [4.69, 9.17) is 9.47 Å². The lowest BCUT2D eigenvalue weighted by molar-refractivity contribution is -0.156. The molecule has 1 aliphatic heterocycles. The molecule has 0 aromatic carbocycles. The van der Waals surface area contributed by atoms with Crippen molar-refractivity contribution in [2.24, 2.45) is 29.6 Å². The molecule has 0 aromatic heterocycles. The predicted octanol–water partition coefficient (Wildman–Crippen LogP) is 3.76. The number of hydrogen-bond donors (Lipinski definition) is 1. The fourth-order valence-corrected chi connectivity index (χ4v) is 5.07. The van der Waals surface area contributed by atoms with Gasteiger partial charge in [0.1, 0.15) is 6.10 Å². The van der Waals surface area contributed by atoms with Gasteiger partial charge in [-0.2, -0.15) is 0 Å². The number of allylic oxidation sites excluding steroid dienone is 2. The monoisotopic (exact) mass is 376 g/mol. The first-order valence-corrected chi connectivity index (χ1v) is 10.1. The molecule has 0 amide bonds. The first-order chi connectivity index (χ1) is 12.7. The highest BCUT2D eigenvalue weighted by Gasteiger charge is 2.55. The number of aliphatic hydroxyl groups is 1. The molecule has 3 aliphatic rings. The Labute approximate surface area is 161 Å². The van der Waals surface area contributed by atoms with E-state index in [1.165, 1.54) is 12.5 Å². The normalized spacial score (nSPS) is 36.0. The van der Waals surface area contributed by atoms with Crippen LogP contribution in [0.5, 0.6) is 0 Å². The molecule has 0 bridgehead atoms. The van der Waals surface area contributed by atoms with Crippen LogP contribution in [0.3, 0.4) is 0 Å². The molecule has 5 heteroatoms. The topological polar surface area (TPSA) is 72.8 Å². The zero-order valence-corrected chi connectivity index (χ0v) is 17.0. The molecule has 0 saturated heterocycles. The van der Waals surface area contributed by atoms with Gasteiger partial charge >= 0.3 is 11.9 Å². The summed E-state index contributed by atoms with van der Waals surface area (Å²) < 4.78 is 11.0. The van der Waals surface area contributed by atoms with Gasteiger partial charge in [-0.25, -0.2) is 4.79 Å². The van der Waals surface area contributed by atoms with Crippen molar-refractivity contribution in [1.82, 2.24) is 0 Å². The van der Waals surface area contributed by atoms with Gasteiger partial charge < -0.3 is 14.6 Å². The summed E-state index contributed by atoms with van der Waals surface area (Å²) in [4.78, 5) is 24.3. The number of hydrogen-bond acceptors (Lipinski definition) is 5. The molecule has 0 aromatic rings. The van der Waals surface area contributed by atoms with Crippen LogP contribution in [-0.2, 0) is 19.1 Å². The highest BCUT2D eigenvalue weighted by Crippen LogP contribution is 2.57. The van der Waals surface area contributed by atoms with E-state index in [0.29, 0.717) is 23.0 Å². The molecule has 3 rings (SSSR count). The maximum atomic E-state index is 12.5. The molecular formula is C22H32O5. The molecule has 150 valence electrons. The number of rotatable bonds is 5. The average molecular weight is 376 g/mol. The second-order valence-corrected chi connectivity index (χ2v) is 8.86. The van der Waals surface area contributed by atoms with Gasteiger partial charge in [0.05, 0.1) is 0 Å². The largest absolute Gasteiger partial charge is 0.462 e. The van der Waals surface area contributed by atoms with Crippen molar-refractivity contribution in [3.8, 4) is 0 Å². The van der Waals surface area contributed by atoms with E-state index in [2.05, 4.69) is 33.8 Å². The Bertz CT molecular complexity index is 672. The predicted molar refractivity (Wildman–Crippen MR) is 101 cm³/mol. The fraction of sp³-hybridized carbons (Fsp3) is 0.727. The van der Waals surface area contributed by atoms with Crippen LogP contribution in [0.15, 0.2) is 22.8 Å². The number of esters is 2. The second-order valence-electron chi connectivity index (χ2n) is 8.86. The van der Waals surface area contributed by atoms with Crippen molar-refractivity contribution in [2.45, 2.75) is 72.7 Å². The summed E-state index contributed by atoms with van der Waals surface area (Å²) in [5.74, 6) is 0.219. The number of fused-ring (bicyclic) bond motifs is 2. The van der Waals surface area contributed by atoms with Crippen LogP contribution in [0.25, 0.3) is 0 Å². The Morgan fingerprint density at radius 3 is 2.67 bits per heavy atom. The molecule has 1 fully saturated rings. The van der Waals surface area contributed by atoms with Crippen LogP contribution in [0.2, 0.25) is 0 Å². The fourth-order valence-electron chi connectivity index (χ4n) is 5.07. The summed E-state index contributed by atoms with van der Waals surface area (Å²) in [6, 6.07) is 0. The van der Waals surface area contributed by atoms with Gasteiger partial charge in [-0.1, -0.05) is 25.5 Å². The number of cyclic esters (lactones) is 1. The standard InChI is InChI=1S/C22H32O5/c1-11(2)7-6-8-12(3)18-17(26-14(5)23)9-13(4)15-10-16(15)19-20(18)22(25)27-21(19)24/h7,12-13,15-18,22,25H,6,8-10H2,1-5H3/t12-,13-,15+,16+,17-,18-,22-/m1/s1. The minimum Gasteiger partial charge on any atom is -0.462 e. The van der Waals surface area contributed by atoms with Gasteiger partial charge in [-0.15, -0.1) is 0 Å². The van der Waals surface area contributed by atoms with Gasteiger partial charge in [-0.3, -0.25) is 4.79 Å². The molecular weight excluding hydrogens is 344 g/mol. The van der Waals surface area contributed by atoms with Crippen LogP contribution >= 0.6 is 0 Å². The van der Waals surface area contributed by atoms with Crippen LogP contribution in [-0.4, -0.2) is 29.4 Å². The van der Waals surface area contributed by atoms with Gasteiger partial charge in [0.2, 0.25) is 6.29 Å². The quantitative estimate of drug-likeness (QED) is 0.584. The lowest BCUT2D eigenvalue weighted by Gasteiger charge is -2.36. The summed E-state index contributed by atoms with van der Waals surface area (Å²) in [5.41, 5.74) is 2.61. The molecule has 1 N–H and O–H groups in total. The van der Waals surface area contributed by atoms with E-state index in [9.17, 15) is 14.7 Å². The summed E-state index contributed by atoms with van der Waals surface area (Å²) in [6.45, 7) is 9.87. The van der Waals surface area contributed by atoms with Crippen molar-refractivity contribution in [1.29, 1.82) is 0 Å². The first kappa shape index (κ1) is 20.1. The maximum Gasteiger partial charge on any atom is 0.337 e.